The second-order valence-corrected chi connectivity index (χ2v) is 6.81. The third-order valence-corrected chi connectivity index (χ3v) is 5.02. The fraction of sp³-hybridized carbons (Fsp3) is 0.500. The predicted octanol–water partition coefficient (Wildman–Crippen LogP) is 4.26. The van der Waals surface area contributed by atoms with Gasteiger partial charge >= 0.3 is 0 Å². The number of carbonyl (C=O) groups excluding carboxylic acids is 2. The molecule has 1 fully saturated rings. The molecule has 2 amide bonds. The number of nitrogens with one attached hydrogen (secondary N) is 2. The third-order valence-electron chi connectivity index (χ3n) is 5.02. The lowest BCUT2D eigenvalue weighted by Gasteiger charge is -2.21. The van der Waals surface area contributed by atoms with E-state index in [2.05, 4.69) is 10.6 Å². The van der Waals surface area contributed by atoms with Gasteiger partial charge in [-0.2, -0.15) is 0 Å². The molecule has 0 saturated heterocycles. The maximum Gasteiger partial charge on any atom is 0.251 e. The van der Waals surface area contributed by atoms with Crippen LogP contribution in [0.5, 0.6) is 5.75 Å². The highest BCUT2D eigenvalue weighted by molar-refractivity contribution is 6.04. The second-order valence-electron chi connectivity index (χ2n) is 6.81. The third kappa shape index (κ3) is 4.41. The van der Waals surface area contributed by atoms with Gasteiger partial charge in [0, 0.05) is 17.2 Å². The molecule has 1 aromatic carbocycles. The maximum absolute atomic E-state index is 12.5. The predicted molar refractivity (Wildman–Crippen MR) is 98.8 cm³/mol. The summed E-state index contributed by atoms with van der Waals surface area (Å²) in [5.41, 5.74) is 2.11. The molecule has 5 nitrogen and oxygen atoms in total. The Morgan fingerprint density at radius 2 is 1.88 bits per heavy atom. The molecule has 0 unspecified atom stereocenters. The van der Waals surface area contributed by atoms with E-state index in [0.29, 0.717) is 17.1 Å². The van der Waals surface area contributed by atoms with Crippen molar-refractivity contribution in [2.45, 2.75) is 51.4 Å². The Hall–Kier alpha value is -2.30. The number of anilines is 2. The molecule has 3 rings (SSSR count). The minimum absolute atomic E-state index is 0.0416. The zero-order chi connectivity index (χ0) is 17.6. The molecular weight excluding hydrogens is 316 g/mol. The van der Waals surface area contributed by atoms with E-state index >= 15 is 0 Å². The minimum atomic E-state index is -0.0628. The van der Waals surface area contributed by atoms with Crippen molar-refractivity contribution >= 4 is 23.2 Å². The fourth-order valence-electron chi connectivity index (χ4n) is 3.57. The minimum Gasteiger partial charge on any atom is -0.495 e. The van der Waals surface area contributed by atoms with Gasteiger partial charge < -0.3 is 15.4 Å². The first-order valence-electron chi connectivity index (χ1n) is 9.16. The number of allylic oxidation sites excluding steroid dienone is 1. The van der Waals surface area contributed by atoms with Gasteiger partial charge in [0.15, 0.2) is 0 Å². The summed E-state index contributed by atoms with van der Waals surface area (Å²) in [7, 11) is 1.58. The first-order chi connectivity index (χ1) is 12.2. The van der Waals surface area contributed by atoms with Crippen molar-refractivity contribution in [3.8, 4) is 5.75 Å². The van der Waals surface area contributed by atoms with Gasteiger partial charge in [-0.15, -0.1) is 0 Å². The largest absolute Gasteiger partial charge is 0.495 e. The zero-order valence-electron chi connectivity index (χ0n) is 14.8. The average molecular weight is 342 g/mol. The van der Waals surface area contributed by atoms with Crippen LogP contribution in [-0.2, 0) is 9.59 Å². The van der Waals surface area contributed by atoms with Gasteiger partial charge in [-0.3, -0.25) is 9.59 Å². The summed E-state index contributed by atoms with van der Waals surface area (Å²) >= 11 is 0. The fourth-order valence-corrected chi connectivity index (χ4v) is 3.57. The lowest BCUT2D eigenvalue weighted by Crippen LogP contribution is -2.25. The topological polar surface area (TPSA) is 67.4 Å². The summed E-state index contributed by atoms with van der Waals surface area (Å²) in [6.07, 6.45) is 10.1. The van der Waals surface area contributed by atoms with E-state index < -0.39 is 0 Å². The van der Waals surface area contributed by atoms with Crippen molar-refractivity contribution in [3.63, 3.8) is 0 Å². The Labute approximate surface area is 148 Å². The Balaban J connectivity index is 1.70. The quantitative estimate of drug-likeness (QED) is 0.840. The molecule has 1 aromatic rings. The lowest BCUT2D eigenvalue weighted by molar-refractivity contribution is -0.120. The molecule has 5 heteroatoms. The first kappa shape index (κ1) is 17.5. The van der Waals surface area contributed by atoms with Crippen LogP contribution >= 0.6 is 0 Å². The Kier molecular flexibility index (Phi) is 5.74. The number of rotatable bonds is 5. The van der Waals surface area contributed by atoms with E-state index in [1.165, 1.54) is 6.42 Å². The van der Waals surface area contributed by atoms with Gasteiger partial charge in [0.05, 0.1) is 12.8 Å². The Morgan fingerprint density at radius 3 is 2.56 bits per heavy atom. The number of ether oxygens (including phenoxy) is 1. The van der Waals surface area contributed by atoms with E-state index in [1.807, 2.05) is 6.08 Å². The van der Waals surface area contributed by atoms with Crippen molar-refractivity contribution in [3.05, 3.63) is 29.8 Å². The van der Waals surface area contributed by atoms with E-state index in [-0.39, 0.29) is 17.7 Å². The molecule has 2 aliphatic carbocycles. The number of carbonyl (C=O) groups is 2. The lowest BCUT2D eigenvalue weighted by atomic mass is 9.88. The van der Waals surface area contributed by atoms with Gasteiger partial charge in [-0.05, 0) is 50.3 Å². The van der Waals surface area contributed by atoms with Crippen molar-refractivity contribution in [2.75, 3.05) is 17.7 Å². The first-order valence-corrected chi connectivity index (χ1v) is 9.16. The molecule has 0 atom stereocenters. The van der Waals surface area contributed by atoms with Crippen LogP contribution in [0.3, 0.4) is 0 Å². The zero-order valence-corrected chi connectivity index (χ0v) is 14.8. The summed E-state index contributed by atoms with van der Waals surface area (Å²) in [5, 5.41) is 5.90. The van der Waals surface area contributed by atoms with Crippen LogP contribution in [-0.4, -0.2) is 18.9 Å². The van der Waals surface area contributed by atoms with Gasteiger partial charge in [0.2, 0.25) is 5.91 Å². The smallest absolute Gasteiger partial charge is 0.251 e. The van der Waals surface area contributed by atoms with Crippen LogP contribution in [0.4, 0.5) is 11.4 Å². The van der Waals surface area contributed by atoms with Crippen LogP contribution in [0.15, 0.2) is 29.8 Å². The van der Waals surface area contributed by atoms with Crippen molar-refractivity contribution in [1.29, 1.82) is 0 Å². The SMILES string of the molecule is COc1ccc(NC(=O)C2=CCCC2)cc1NC(=O)C1CCCCC1. The van der Waals surface area contributed by atoms with Gasteiger partial charge in [-0.1, -0.05) is 25.3 Å². The van der Waals surface area contributed by atoms with Crippen LogP contribution in [0, 0.1) is 5.92 Å². The molecular formula is C20H26N2O3. The maximum atomic E-state index is 12.5. The standard InChI is InChI=1S/C20H26N2O3/c1-25-18-12-11-16(21-19(23)14-9-5-6-10-14)13-17(18)22-20(24)15-7-3-2-4-8-15/h9,11-13,15H,2-8,10H2,1H3,(H,21,23)(H,22,24). The number of methoxy groups -OCH3 is 1. The Morgan fingerprint density at radius 1 is 1.08 bits per heavy atom. The molecule has 0 heterocycles. The highest BCUT2D eigenvalue weighted by Gasteiger charge is 2.22. The van der Waals surface area contributed by atoms with E-state index in [9.17, 15) is 9.59 Å². The Bertz CT molecular complexity index is 676. The second kappa shape index (κ2) is 8.19. The van der Waals surface area contributed by atoms with Gasteiger partial charge in [0.1, 0.15) is 5.75 Å². The van der Waals surface area contributed by atoms with Crippen LogP contribution in [0.2, 0.25) is 0 Å². The normalized spacial score (nSPS) is 17.7. The molecule has 1 saturated carbocycles. The van der Waals surface area contributed by atoms with Crippen LogP contribution in [0.1, 0.15) is 51.4 Å². The molecule has 0 aliphatic heterocycles. The van der Waals surface area contributed by atoms with Gasteiger partial charge in [0.25, 0.3) is 5.91 Å². The van der Waals surface area contributed by atoms with E-state index in [1.54, 1.807) is 25.3 Å². The number of hydrogen-bond donors (Lipinski definition) is 2. The number of amides is 2. The summed E-state index contributed by atoms with van der Waals surface area (Å²) in [6, 6.07) is 5.34. The van der Waals surface area contributed by atoms with Crippen LogP contribution < -0.4 is 15.4 Å². The highest BCUT2D eigenvalue weighted by Crippen LogP contribution is 2.31. The van der Waals surface area contributed by atoms with Crippen molar-refractivity contribution in [1.82, 2.24) is 0 Å². The molecule has 134 valence electrons. The van der Waals surface area contributed by atoms with E-state index in [4.69, 9.17) is 4.74 Å². The molecule has 0 aromatic heterocycles. The van der Waals surface area contributed by atoms with Gasteiger partial charge in [-0.25, -0.2) is 0 Å². The monoisotopic (exact) mass is 342 g/mol. The van der Waals surface area contributed by atoms with Crippen molar-refractivity contribution in [2.24, 2.45) is 5.92 Å². The molecule has 0 radical (unpaired) electrons. The molecule has 2 aliphatic rings. The summed E-state index contributed by atoms with van der Waals surface area (Å²) in [4.78, 5) is 24.8. The number of benzene rings is 1. The average Bonchev–Trinajstić information content (AvgIpc) is 3.17. The summed E-state index contributed by atoms with van der Waals surface area (Å²) in [6.45, 7) is 0. The molecule has 0 spiro atoms. The molecule has 0 bridgehead atoms. The van der Waals surface area contributed by atoms with Crippen molar-refractivity contribution < 1.29 is 14.3 Å². The van der Waals surface area contributed by atoms with Crippen LogP contribution in [0.25, 0.3) is 0 Å². The summed E-state index contributed by atoms with van der Waals surface area (Å²) in [5.74, 6) is 0.648. The number of hydrogen-bond acceptors (Lipinski definition) is 3. The van der Waals surface area contributed by atoms with E-state index in [0.717, 1.165) is 50.5 Å². The summed E-state index contributed by atoms with van der Waals surface area (Å²) < 4.78 is 5.35. The molecule has 25 heavy (non-hydrogen) atoms. The molecule has 2 N–H and O–H groups in total. The highest BCUT2D eigenvalue weighted by atomic mass is 16.5.